The molecule has 1 fully saturated rings. The third kappa shape index (κ3) is 3.98. The summed E-state index contributed by atoms with van der Waals surface area (Å²) in [6.45, 7) is 0. The number of amides is 1. The van der Waals surface area contributed by atoms with Gasteiger partial charge >= 0.3 is 5.97 Å². The molecule has 160 valence electrons. The van der Waals surface area contributed by atoms with Crippen LogP contribution in [0, 0.1) is 11.3 Å². The summed E-state index contributed by atoms with van der Waals surface area (Å²) in [7, 11) is 1.33. The third-order valence-corrected chi connectivity index (χ3v) is 6.19. The van der Waals surface area contributed by atoms with Crippen LogP contribution < -0.4 is 0 Å². The van der Waals surface area contributed by atoms with E-state index in [2.05, 4.69) is 6.07 Å². The van der Waals surface area contributed by atoms with E-state index in [0.29, 0.717) is 29.0 Å². The monoisotopic (exact) mass is 444 g/mol. The number of nitriles is 1. The molecule has 0 spiro atoms. The van der Waals surface area contributed by atoms with Crippen molar-refractivity contribution in [1.82, 2.24) is 4.90 Å². The highest BCUT2D eigenvalue weighted by atomic mass is 35.5. The first-order chi connectivity index (χ1) is 15.5. The summed E-state index contributed by atoms with van der Waals surface area (Å²) >= 11 is 6.42. The molecule has 6 heteroatoms. The number of ether oxygens (including phenoxy) is 1. The van der Waals surface area contributed by atoms with Crippen LogP contribution >= 0.6 is 11.6 Å². The molecule has 0 unspecified atom stereocenters. The first kappa shape index (κ1) is 21.6. The van der Waals surface area contributed by atoms with Crippen molar-refractivity contribution in [2.75, 3.05) is 7.11 Å². The maximum atomic E-state index is 13.6. The van der Waals surface area contributed by atoms with Crippen LogP contribution in [0.3, 0.4) is 0 Å². The van der Waals surface area contributed by atoms with E-state index in [4.69, 9.17) is 16.3 Å². The number of nitrogens with zero attached hydrogens (tertiary/aromatic N) is 2. The Labute approximate surface area is 191 Å². The summed E-state index contributed by atoms with van der Waals surface area (Å²) in [4.78, 5) is 27.6. The lowest BCUT2D eigenvalue weighted by Crippen LogP contribution is -2.42. The van der Waals surface area contributed by atoms with Crippen LogP contribution in [0.25, 0.3) is 11.1 Å². The van der Waals surface area contributed by atoms with Gasteiger partial charge in [-0.2, -0.15) is 5.26 Å². The van der Waals surface area contributed by atoms with Gasteiger partial charge in [0, 0.05) is 10.6 Å². The predicted molar refractivity (Wildman–Crippen MR) is 122 cm³/mol. The van der Waals surface area contributed by atoms with E-state index in [0.717, 1.165) is 16.7 Å². The number of methoxy groups -OCH3 is 1. The van der Waals surface area contributed by atoms with E-state index < -0.39 is 12.0 Å². The van der Waals surface area contributed by atoms with Crippen molar-refractivity contribution >= 4 is 23.5 Å². The quantitative estimate of drug-likeness (QED) is 0.505. The number of rotatable bonds is 4. The lowest BCUT2D eigenvalue weighted by molar-refractivity contribution is -0.145. The molecule has 1 aliphatic rings. The zero-order valence-electron chi connectivity index (χ0n) is 17.5. The molecule has 2 atom stereocenters. The van der Waals surface area contributed by atoms with Crippen molar-refractivity contribution in [2.45, 2.75) is 24.9 Å². The molecule has 5 nitrogen and oxygen atoms in total. The van der Waals surface area contributed by atoms with Gasteiger partial charge in [0.25, 0.3) is 5.91 Å². The normalized spacial score (nSPS) is 17.6. The average Bonchev–Trinajstić information content (AvgIpc) is 3.28. The van der Waals surface area contributed by atoms with Gasteiger partial charge in [0.15, 0.2) is 0 Å². The minimum atomic E-state index is -0.673. The van der Waals surface area contributed by atoms with Gasteiger partial charge in [-0.1, -0.05) is 60.1 Å². The van der Waals surface area contributed by atoms with Crippen LogP contribution in [-0.2, 0) is 9.53 Å². The van der Waals surface area contributed by atoms with Crippen molar-refractivity contribution in [3.8, 4) is 17.2 Å². The Kier molecular flexibility index (Phi) is 6.25. The second-order valence-electron chi connectivity index (χ2n) is 7.60. The molecular formula is C26H21ClN2O3. The van der Waals surface area contributed by atoms with Crippen LogP contribution in [0.1, 0.15) is 40.4 Å². The van der Waals surface area contributed by atoms with Gasteiger partial charge in [-0.3, -0.25) is 4.79 Å². The SMILES string of the molecule is COC(=O)[C@@H]1CC[C@H](c2ccccc2Cl)N1C(=O)c1ccc(-c2ccccc2C#N)cc1. The molecule has 1 aliphatic heterocycles. The zero-order chi connectivity index (χ0) is 22.7. The highest BCUT2D eigenvalue weighted by Gasteiger charge is 2.43. The second kappa shape index (κ2) is 9.25. The molecule has 0 radical (unpaired) electrons. The predicted octanol–water partition coefficient (Wildman–Crippen LogP) is 5.40. The van der Waals surface area contributed by atoms with E-state index in [1.165, 1.54) is 7.11 Å². The fraction of sp³-hybridized carbons (Fsp3) is 0.192. The molecule has 0 N–H and O–H groups in total. The number of halogens is 1. The molecule has 1 heterocycles. The van der Waals surface area contributed by atoms with Crippen molar-refractivity contribution in [1.29, 1.82) is 5.26 Å². The lowest BCUT2D eigenvalue weighted by Gasteiger charge is -2.30. The summed E-state index contributed by atoms with van der Waals surface area (Å²) in [6.07, 6.45) is 1.12. The van der Waals surface area contributed by atoms with E-state index in [9.17, 15) is 14.9 Å². The van der Waals surface area contributed by atoms with Crippen molar-refractivity contribution < 1.29 is 14.3 Å². The number of esters is 1. The third-order valence-electron chi connectivity index (χ3n) is 5.85. The van der Waals surface area contributed by atoms with Gasteiger partial charge in [-0.15, -0.1) is 0 Å². The molecule has 32 heavy (non-hydrogen) atoms. The summed E-state index contributed by atoms with van der Waals surface area (Å²) < 4.78 is 4.97. The van der Waals surface area contributed by atoms with Crippen LogP contribution in [-0.4, -0.2) is 29.9 Å². The van der Waals surface area contributed by atoms with Gasteiger partial charge in [0.2, 0.25) is 0 Å². The number of benzene rings is 3. The van der Waals surface area contributed by atoms with Gasteiger partial charge in [0.1, 0.15) is 6.04 Å². The standard InChI is InChI=1S/C26H21ClN2O3/c1-32-26(31)24-15-14-23(21-8-4-5-9-22(21)27)29(24)25(30)18-12-10-17(11-13-18)20-7-3-2-6-19(20)16-28/h2-13,23-24H,14-15H2,1H3/t23-,24+/m1/s1. The largest absolute Gasteiger partial charge is 0.467 e. The highest BCUT2D eigenvalue weighted by molar-refractivity contribution is 6.31. The van der Waals surface area contributed by atoms with Gasteiger partial charge in [-0.25, -0.2) is 4.79 Å². The first-order valence-electron chi connectivity index (χ1n) is 10.3. The van der Waals surface area contributed by atoms with Gasteiger partial charge in [-0.05, 0) is 53.8 Å². The molecule has 1 saturated heterocycles. The van der Waals surface area contributed by atoms with Crippen LogP contribution in [0.2, 0.25) is 5.02 Å². The summed E-state index contributed by atoms with van der Waals surface area (Å²) in [5.41, 5.74) is 3.48. The molecule has 3 aromatic carbocycles. The molecule has 1 amide bonds. The zero-order valence-corrected chi connectivity index (χ0v) is 18.3. The molecule has 3 aromatic rings. The Balaban J connectivity index is 1.69. The minimum absolute atomic E-state index is 0.261. The van der Waals surface area contributed by atoms with E-state index in [1.54, 1.807) is 29.2 Å². The molecule has 0 saturated carbocycles. The van der Waals surface area contributed by atoms with Crippen molar-refractivity contribution in [2.24, 2.45) is 0 Å². The molecular weight excluding hydrogens is 424 g/mol. The maximum absolute atomic E-state index is 13.6. The fourth-order valence-electron chi connectivity index (χ4n) is 4.29. The highest BCUT2D eigenvalue weighted by Crippen LogP contribution is 2.40. The maximum Gasteiger partial charge on any atom is 0.328 e. The Hall–Kier alpha value is -3.62. The molecule has 4 rings (SSSR count). The molecule has 0 aliphatic carbocycles. The Morgan fingerprint density at radius 2 is 1.69 bits per heavy atom. The number of carbonyl (C=O) groups excluding carboxylic acids is 2. The van der Waals surface area contributed by atoms with Crippen molar-refractivity contribution in [3.05, 3.63) is 94.5 Å². The number of hydrogen-bond donors (Lipinski definition) is 0. The Morgan fingerprint density at radius 1 is 1.00 bits per heavy atom. The smallest absolute Gasteiger partial charge is 0.328 e. The first-order valence-corrected chi connectivity index (χ1v) is 10.7. The summed E-state index contributed by atoms with van der Waals surface area (Å²) in [5, 5.41) is 9.92. The lowest BCUT2D eigenvalue weighted by atomic mass is 9.98. The van der Waals surface area contributed by atoms with Crippen LogP contribution in [0.5, 0.6) is 0 Å². The van der Waals surface area contributed by atoms with Crippen molar-refractivity contribution in [3.63, 3.8) is 0 Å². The molecule has 0 bridgehead atoms. The van der Waals surface area contributed by atoms with Gasteiger partial charge in [0.05, 0.1) is 24.8 Å². The Morgan fingerprint density at radius 3 is 2.38 bits per heavy atom. The summed E-state index contributed by atoms with van der Waals surface area (Å²) in [6, 6.07) is 23.0. The fourth-order valence-corrected chi connectivity index (χ4v) is 4.55. The van der Waals surface area contributed by atoms with E-state index in [-0.39, 0.29) is 11.9 Å². The second-order valence-corrected chi connectivity index (χ2v) is 8.01. The Bertz CT molecular complexity index is 1200. The average molecular weight is 445 g/mol. The van der Waals surface area contributed by atoms with E-state index >= 15 is 0 Å². The summed E-state index contributed by atoms with van der Waals surface area (Å²) in [5.74, 6) is -0.699. The van der Waals surface area contributed by atoms with E-state index in [1.807, 2.05) is 48.5 Å². The van der Waals surface area contributed by atoms with Gasteiger partial charge < -0.3 is 9.64 Å². The van der Waals surface area contributed by atoms with Crippen LogP contribution in [0.4, 0.5) is 0 Å². The number of hydrogen-bond acceptors (Lipinski definition) is 4. The molecule has 0 aromatic heterocycles. The number of likely N-dealkylation sites (tertiary alicyclic amines) is 1. The van der Waals surface area contributed by atoms with Crippen LogP contribution in [0.15, 0.2) is 72.8 Å². The number of carbonyl (C=O) groups is 2. The topological polar surface area (TPSA) is 70.4 Å². The minimum Gasteiger partial charge on any atom is -0.467 e.